The van der Waals surface area contributed by atoms with E-state index in [1.54, 1.807) is 12.1 Å². The van der Waals surface area contributed by atoms with Crippen molar-refractivity contribution >= 4 is 0 Å². The zero-order valence-corrected chi connectivity index (χ0v) is 14.9. The van der Waals surface area contributed by atoms with Crippen LogP contribution in [0.2, 0.25) is 0 Å². The van der Waals surface area contributed by atoms with Crippen LogP contribution >= 0.6 is 0 Å². The molecular weight excluding hydrogens is 321 g/mol. The molecule has 0 unspecified atom stereocenters. The van der Waals surface area contributed by atoms with Gasteiger partial charge in [0.15, 0.2) is 0 Å². The molecule has 6 heteroatoms. The summed E-state index contributed by atoms with van der Waals surface area (Å²) >= 11 is 0. The monoisotopic (exact) mass is 344 g/mol. The van der Waals surface area contributed by atoms with Gasteiger partial charge in [0.05, 0.1) is 11.3 Å². The van der Waals surface area contributed by atoms with E-state index in [-0.39, 0.29) is 34.2 Å². The van der Waals surface area contributed by atoms with E-state index in [1.807, 2.05) is 0 Å². The molecule has 25 heavy (non-hydrogen) atoms. The van der Waals surface area contributed by atoms with Crippen molar-refractivity contribution in [2.75, 3.05) is 0 Å². The van der Waals surface area contributed by atoms with Crippen molar-refractivity contribution in [1.82, 2.24) is 15.5 Å². The number of phenols is 1. The van der Waals surface area contributed by atoms with Crippen LogP contribution in [0.3, 0.4) is 0 Å². The van der Waals surface area contributed by atoms with E-state index in [0.717, 1.165) is 18.9 Å². The molecule has 0 aliphatic carbocycles. The van der Waals surface area contributed by atoms with Crippen molar-refractivity contribution < 1.29 is 14.2 Å². The summed E-state index contributed by atoms with van der Waals surface area (Å²) < 4.78 is 19.9. The largest absolute Gasteiger partial charge is 0.507 e. The first-order valence-corrected chi connectivity index (χ1v) is 8.34. The van der Waals surface area contributed by atoms with E-state index >= 15 is 0 Å². The predicted octanol–water partition coefficient (Wildman–Crippen LogP) is 3.48. The quantitative estimate of drug-likeness (QED) is 0.892. The van der Waals surface area contributed by atoms with Crippen molar-refractivity contribution in [1.29, 1.82) is 0 Å². The summed E-state index contributed by atoms with van der Waals surface area (Å²) in [4.78, 5) is 0. The van der Waals surface area contributed by atoms with Crippen LogP contribution < -0.4 is 10.1 Å². The van der Waals surface area contributed by atoms with Gasteiger partial charge in [0, 0.05) is 30.0 Å². The number of phenolic OH excluding ortho intramolecular Hbond substituents is 1. The summed E-state index contributed by atoms with van der Waals surface area (Å²) in [6.07, 6.45) is 1.72. The fourth-order valence-electron chi connectivity index (χ4n) is 3.71. The number of hydrogen-bond acceptors (Lipinski definition) is 5. The third kappa shape index (κ3) is 4.07. The minimum Gasteiger partial charge on any atom is -0.507 e. The summed E-state index contributed by atoms with van der Waals surface area (Å²) in [5, 5.41) is 21.5. The third-order valence-electron chi connectivity index (χ3n) is 4.26. The Morgan fingerprint density at radius 3 is 2.40 bits per heavy atom. The maximum absolute atomic E-state index is 13.9. The van der Waals surface area contributed by atoms with Gasteiger partial charge in [-0.1, -0.05) is 0 Å². The molecule has 1 aliphatic rings. The highest BCUT2D eigenvalue weighted by Crippen LogP contribution is 2.32. The molecule has 1 radical (unpaired) electrons. The van der Waals surface area contributed by atoms with Crippen molar-refractivity contribution in [3.63, 3.8) is 0 Å². The van der Waals surface area contributed by atoms with Gasteiger partial charge in [-0.2, -0.15) is 0 Å². The molecule has 2 N–H and O–H groups in total. The van der Waals surface area contributed by atoms with Crippen LogP contribution in [0.4, 0.5) is 4.39 Å². The van der Waals surface area contributed by atoms with Crippen LogP contribution in [0.5, 0.6) is 11.6 Å². The van der Waals surface area contributed by atoms with E-state index in [2.05, 4.69) is 49.3 Å². The Bertz CT molecular complexity index is 724. The average molecular weight is 344 g/mol. The third-order valence-corrected chi connectivity index (χ3v) is 4.26. The molecule has 0 spiro atoms. The Kier molecular flexibility index (Phi) is 4.41. The van der Waals surface area contributed by atoms with E-state index < -0.39 is 5.82 Å². The molecule has 133 valence electrons. The lowest BCUT2D eigenvalue weighted by molar-refractivity contribution is 0.0524. The second-order valence-electron chi connectivity index (χ2n) is 7.86. The summed E-state index contributed by atoms with van der Waals surface area (Å²) in [7, 11) is 0. The van der Waals surface area contributed by atoms with E-state index in [1.165, 1.54) is 6.07 Å². The van der Waals surface area contributed by atoms with Gasteiger partial charge in [0.1, 0.15) is 17.7 Å². The molecule has 0 bridgehead atoms. The highest BCUT2D eigenvalue weighted by Gasteiger charge is 2.38. The topological polar surface area (TPSA) is 67.3 Å². The highest BCUT2D eigenvalue weighted by molar-refractivity contribution is 5.66. The summed E-state index contributed by atoms with van der Waals surface area (Å²) in [5.41, 5.74) is 0.203. The number of nitrogens with one attached hydrogen (secondary N) is 1. The van der Waals surface area contributed by atoms with Crippen LogP contribution in [0.25, 0.3) is 11.3 Å². The van der Waals surface area contributed by atoms with Gasteiger partial charge in [-0.25, -0.2) is 4.39 Å². The maximum atomic E-state index is 13.9. The summed E-state index contributed by atoms with van der Waals surface area (Å²) in [6, 6.07) is 8.21. The maximum Gasteiger partial charge on any atom is 0.233 e. The van der Waals surface area contributed by atoms with E-state index in [4.69, 9.17) is 4.74 Å². The fraction of sp³-hybridized carbons (Fsp3) is 0.474. The molecule has 2 aromatic rings. The van der Waals surface area contributed by atoms with E-state index in [9.17, 15) is 9.50 Å². The number of nitrogens with zero attached hydrogens (tertiary/aromatic N) is 2. The van der Waals surface area contributed by atoms with Crippen LogP contribution in [0, 0.1) is 11.9 Å². The molecule has 1 aromatic heterocycles. The molecular formula is C19H23FN3O2. The number of halogens is 1. The van der Waals surface area contributed by atoms with Gasteiger partial charge in [0.2, 0.25) is 5.88 Å². The minimum absolute atomic E-state index is 0.0157. The lowest BCUT2D eigenvalue weighted by Crippen LogP contribution is -2.60. The highest BCUT2D eigenvalue weighted by atomic mass is 19.1. The normalized spacial score (nSPS) is 19.6. The first-order chi connectivity index (χ1) is 11.7. The molecule has 0 saturated carbocycles. The lowest BCUT2D eigenvalue weighted by Gasteiger charge is -2.46. The SMILES string of the molecule is CC1(C)CC(Oc2ccc(-c3c(O)c[c]cc3F)nn2)CC(C)(C)N1. The number of piperidine rings is 1. The Morgan fingerprint density at radius 2 is 1.84 bits per heavy atom. The summed E-state index contributed by atoms with van der Waals surface area (Å²) in [5.74, 6) is -0.417. The molecule has 3 rings (SSSR count). The van der Waals surface area contributed by atoms with E-state index in [0.29, 0.717) is 5.88 Å². The second-order valence-corrected chi connectivity index (χ2v) is 7.86. The molecule has 1 aromatic carbocycles. The molecule has 5 nitrogen and oxygen atoms in total. The Hall–Kier alpha value is -2.21. The number of rotatable bonds is 3. The number of aromatic nitrogens is 2. The van der Waals surface area contributed by atoms with Crippen molar-refractivity contribution in [2.45, 2.75) is 57.7 Å². The van der Waals surface area contributed by atoms with Gasteiger partial charge in [-0.3, -0.25) is 0 Å². The molecule has 1 saturated heterocycles. The predicted molar refractivity (Wildman–Crippen MR) is 92.9 cm³/mol. The van der Waals surface area contributed by atoms with Gasteiger partial charge in [0.25, 0.3) is 0 Å². The zero-order valence-electron chi connectivity index (χ0n) is 14.9. The molecule has 1 fully saturated rings. The van der Waals surface area contributed by atoms with Crippen LogP contribution in [-0.2, 0) is 0 Å². The Balaban J connectivity index is 1.77. The van der Waals surface area contributed by atoms with Crippen LogP contribution in [-0.4, -0.2) is 32.5 Å². The Morgan fingerprint density at radius 1 is 1.16 bits per heavy atom. The van der Waals surface area contributed by atoms with Crippen LogP contribution in [0.15, 0.2) is 24.3 Å². The first kappa shape index (κ1) is 17.6. The first-order valence-electron chi connectivity index (χ1n) is 8.34. The minimum atomic E-state index is -0.593. The second kappa shape index (κ2) is 6.26. The summed E-state index contributed by atoms with van der Waals surface area (Å²) in [6.45, 7) is 8.60. The average Bonchev–Trinajstić information content (AvgIpc) is 2.45. The van der Waals surface area contributed by atoms with Crippen molar-refractivity contribution in [2.24, 2.45) is 0 Å². The van der Waals surface area contributed by atoms with Crippen LogP contribution in [0.1, 0.15) is 40.5 Å². The van der Waals surface area contributed by atoms with Gasteiger partial charge in [-0.15, -0.1) is 10.2 Å². The molecule has 0 atom stereocenters. The zero-order chi connectivity index (χ0) is 18.2. The lowest BCUT2D eigenvalue weighted by atomic mass is 9.81. The number of hydrogen-bond donors (Lipinski definition) is 2. The van der Waals surface area contributed by atoms with Crippen molar-refractivity contribution in [3.05, 3.63) is 36.1 Å². The number of aromatic hydroxyl groups is 1. The fourth-order valence-corrected chi connectivity index (χ4v) is 3.71. The molecule has 2 heterocycles. The number of benzene rings is 1. The number of ether oxygens (including phenoxy) is 1. The molecule has 1 aliphatic heterocycles. The Labute approximate surface area is 147 Å². The van der Waals surface area contributed by atoms with Gasteiger partial charge < -0.3 is 15.2 Å². The standard InChI is InChI=1S/C19H23FN3O2/c1-18(2)10-12(11-19(3,4)23-18)25-16-9-8-14(21-22-16)17-13(20)6-5-7-15(17)24/h6-9,12,23-24H,10-11H2,1-4H3. The molecule has 0 amide bonds. The van der Waals surface area contributed by atoms with Gasteiger partial charge in [-0.05, 0) is 52.0 Å². The van der Waals surface area contributed by atoms with Gasteiger partial charge >= 0.3 is 0 Å². The smallest absolute Gasteiger partial charge is 0.233 e. The van der Waals surface area contributed by atoms with Crippen molar-refractivity contribution in [3.8, 4) is 22.9 Å².